The van der Waals surface area contributed by atoms with E-state index in [9.17, 15) is 0 Å². The minimum Gasteiger partial charge on any atom is -0.493 e. The number of rotatable bonds is 6. The Balaban J connectivity index is 2.41. The van der Waals surface area contributed by atoms with Crippen LogP contribution in [0.3, 0.4) is 0 Å². The molecule has 0 N–H and O–H groups in total. The Morgan fingerprint density at radius 3 is 2.56 bits per heavy atom. The monoisotopic (exact) mass is 218 g/mol. The molecule has 0 saturated carbocycles. The van der Waals surface area contributed by atoms with Gasteiger partial charge in [-0.15, -0.1) is 0 Å². The van der Waals surface area contributed by atoms with Crippen molar-refractivity contribution in [2.45, 2.75) is 6.42 Å². The average Bonchev–Trinajstić information content (AvgIpc) is 2.27. The van der Waals surface area contributed by atoms with E-state index in [0.29, 0.717) is 13.0 Å². The maximum atomic E-state index is 8.72. The number of nitrogens with zero attached hydrogens (tertiary/aromatic N) is 2. The van der Waals surface area contributed by atoms with Crippen LogP contribution < -0.4 is 4.74 Å². The largest absolute Gasteiger partial charge is 0.493 e. The number of para-hydroxylation sites is 1. The molecule has 0 aromatic heterocycles. The van der Waals surface area contributed by atoms with E-state index in [-0.39, 0.29) is 5.92 Å². The normalized spacial score (nSPS) is 12.1. The first-order valence-electron chi connectivity index (χ1n) is 5.42. The fourth-order valence-corrected chi connectivity index (χ4v) is 1.55. The Bertz CT molecular complexity index is 330. The number of nitriles is 1. The molecular weight excluding hydrogens is 200 g/mol. The Morgan fingerprint density at radius 2 is 2.00 bits per heavy atom. The average molecular weight is 218 g/mol. The quantitative estimate of drug-likeness (QED) is 0.734. The van der Waals surface area contributed by atoms with Crippen LogP contribution in [0.1, 0.15) is 6.42 Å². The second-order valence-corrected chi connectivity index (χ2v) is 4.11. The molecule has 0 heterocycles. The highest BCUT2D eigenvalue weighted by atomic mass is 16.5. The zero-order chi connectivity index (χ0) is 11.8. The first-order valence-corrected chi connectivity index (χ1v) is 5.42. The van der Waals surface area contributed by atoms with Gasteiger partial charge in [-0.3, -0.25) is 0 Å². The summed E-state index contributed by atoms with van der Waals surface area (Å²) in [5.74, 6) is 1.13. The van der Waals surface area contributed by atoms with Crippen LogP contribution in [-0.4, -0.2) is 32.1 Å². The lowest BCUT2D eigenvalue weighted by Gasteiger charge is -2.18. The first-order chi connectivity index (χ1) is 7.72. The molecule has 0 aliphatic heterocycles. The van der Waals surface area contributed by atoms with Crippen LogP contribution in [0.15, 0.2) is 30.3 Å². The third kappa shape index (κ3) is 4.81. The van der Waals surface area contributed by atoms with Crippen LogP contribution >= 0.6 is 0 Å². The van der Waals surface area contributed by atoms with Gasteiger partial charge in [0.15, 0.2) is 0 Å². The van der Waals surface area contributed by atoms with Crippen molar-refractivity contribution in [3.05, 3.63) is 30.3 Å². The molecule has 0 aliphatic rings. The lowest BCUT2D eigenvalue weighted by Crippen LogP contribution is -2.26. The van der Waals surface area contributed by atoms with Crippen LogP contribution in [0.2, 0.25) is 0 Å². The molecule has 1 aromatic carbocycles. The summed E-state index contributed by atoms with van der Waals surface area (Å²) in [5.41, 5.74) is 0. The summed E-state index contributed by atoms with van der Waals surface area (Å²) in [4.78, 5) is 2.08. The van der Waals surface area contributed by atoms with Gasteiger partial charge in [-0.1, -0.05) is 18.2 Å². The van der Waals surface area contributed by atoms with Crippen LogP contribution in [0, 0.1) is 17.2 Å². The molecule has 1 rings (SSSR count). The lowest BCUT2D eigenvalue weighted by molar-refractivity contribution is 0.212. The summed E-state index contributed by atoms with van der Waals surface area (Å²) in [6, 6.07) is 11.9. The second-order valence-electron chi connectivity index (χ2n) is 4.11. The molecular formula is C13H18N2O. The summed E-state index contributed by atoms with van der Waals surface area (Å²) < 4.78 is 5.64. The molecule has 0 fully saturated rings. The first kappa shape index (κ1) is 12.5. The lowest BCUT2D eigenvalue weighted by atomic mass is 10.1. The molecule has 0 aliphatic carbocycles. The van der Waals surface area contributed by atoms with Crippen LogP contribution in [0.5, 0.6) is 5.75 Å². The van der Waals surface area contributed by atoms with Crippen LogP contribution in [0.25, 0.3) is 0 Å². The smallest absolute Gasteiger partial charge is 0.119 e. The summed E-state index contributed by atoms with van der Waals surface area (Å²) in [5, 5.41) is 8.72. The van der Waals surface area contributed by atoms with E-state index in [1.54, 1.807) is 0 Å². The minimum atomic E-state index is 0.264. The summed E-state index contributed by atoms with van der Waals surface area (Å²) >= 11 is 0. The molecule has 0 bridgehead atoms. The minimum absolute atomic E-state index is 0.264. The van der Waals surface area contributed by atoms with Crippen molar-refractivity contribution in [2.75, 3.05) is 27.2 Å². The van der Waals surface area contributed by atoms with Gasteiger partial charge in [0, 0.05) is 18.9 Å². The van der Waals surface area contributed by atoms with Gasteiger partial charge in [0.1, 0.15) is 5.75 Å². The number of benzene rings is 1. The molecule has 0 saturated heterocycles. The predicted octanol–water partition coefficient (Wildman–Crippen LogP) is 2.16. The zero-order valence-corrected chi connectivity index (χ0v) is 9.89. The molecule has 1 atom stereocenters. The Labute approximate surface area is 97.3 Å². The van der Waals surface area contributed by atoms with Crippen LogP contribution in [-0.2, 0) is 0 Å². The maximum absolute atomic E-state index is 8.72. The number of hydrogen-bond acceptors (Lipinski definition) is 3. The van der Waals surface area contributed by atoms with E-state index < -0.39 is 0 Å². The molecule has 16 heavy (non-hydrogen) atoms. The molecule has 3 nitrogen and oxygen atoms in total. The molecule has 0 spiro atoms. The molecule has 1 aromatic rings. The zero-order valence-electron chi connectivity index (χ0n) is 9.89. The van der Waals surface area contributed by atoms with Gasteiger partial charge in [0.25, 0.3) is 0 Å². The maximum Gasteiger partial charge on any atom is 0.119 e. The van der Waals surface area contributed by atoms with Crippen molar-refractivity contribution in [3.63, 3.8) is 0 Å². The van der Waals surface area contributed by atoms with Crippen molar-refractivity contribution < 1.29 is 4.74 Å². The topological polar surface area (TPSA) is 36.3 Å². The van der Waals surface area contributed by atoms with E-state index in [1.165, 1.54) is 0 Å². The Kier molecular flexibility index (Phi) is 5.38. The molecule has 0 radical (unpaired) electrons. The standard InChI is InChI=1S/C13H18N2O/c1-15(2)10-12(8-9-14)11-16-13-6-4-3-5-7-13/h3-7,12H,8,10-11H2,1-2H3. The SMILES string of the molecule is CN(C)CC(CC#N)COc1ccccc1. The molecule has 0 amide bonds. The molecule has 3 heteroatoms. The van der Waals surface area contributed by atoms with Crippen molar-refractivity contribution in [1.29, 1.82) is 5.26 Å². The fraction of sp³-hybridized carbons (Fsp3) is 0.462. The summed E-state index contributed by atoms with van der Waals surface area (Å²) in [7, 11) is 4.01. The second kappa shape index (κ2) is 6.86. The summed E-state index contributed by atoms with van der Waals surface area (Å²) in [6.45, 7) is 1.47. The Morgan fingerprint density at radius 1 is 1.31 bits per heavy atom. The van der Waals surface area contributed by atoms with Gasteiger partial charge in [-0.05, 0) is 26.2 Å². The highest BCUT2D eigenvalue weighted by Crippen LogP contribution is 2.12. The highest BCUT2D eigenvalue weighted by molar-refractivity contribution is 5.20. The number of ether oxygens (including phenoxy) is 1. The van der Waals surface area contributed by atoms with Crippen molar-refractivity contribution >= 4 is 0 Å². The van der Waals surface area contributed by atoms with E-state index in [2.05, 4.69) is 11.0 Å². The van der Waals surface area contributed by atoms with Crippen molar-refractivity contribution in [2.24, 2.45) is 5.92 Å². The van der Waals surface area contributed by atoms with Crippen molar-refractivity contribution in [1.82, 2.24) is 4.90 Å². The van der Waals surface area contributed by atoms with Gasteiger partial charge in [-0.25, -0.2) is 0 Å². The highest BCUT2D eigenvalue weighted by Gasteiger charge is 2.10. The third-order valence-electron chi connectivity index (χ3n) is 2.23. The van der Waals surface area contributed by atoms with E-state index in [4.69, 9.17) is 10.00 Å². The molecule has 1 unspecified atom stereocenters. The van der Waals surface area contributed by atoms with Gasteiger partial charge in [0.05, 0.1) is 12.7 Å². The fourth-order valence-electron chi connectivity index (χ4n) is 1.55. The third-order valence-corrected chi connectivity index (χ3v) is 2.23. The van der Waals surface area contributed by atoms with Gasteiger partial charge < -0.3 is 9.64 Å². The van der Waals surface area contributed by atoms with Gasteiger partial charge in [0.2, 0.25) is 0 Å². The van der Waals surface area contributed by atoms with E-state index in [1.807, 2.05) is 44.4 Å². The van der Waals surface area contributed by atoms with E-state index in [0.717, 1.165) is 12.3 Å². The van der Waals surface area contributed by atoms with Gasteiger partial charge in [-0.2, -0.15) is 5.26 Å². The van der Waals surface area contributed by atoms with Gasteiger partial charge >= 0.3 is 0 Å². The van der Waals surface area contributed by atoms with E-state index >= 15 is 0 Å². The Hall–Kier alpha value is -1.53. The summed E-state index contributed by atoms with van der Waals surface area (Å²) in [6.07, 6.45) is 0.533. The van der Waals surface area contributed by atoms with Crippen LogP contribution in [0.4, 0.5) is 0 Å². The van der Waals surface area contributed by atoms with Crippen molar-refractivity contribution in [3.8, 4) is 11.8 Å². The predicted molar refractivity (Wildman–Crippen MR) is 64.2 cm³/mol. The molecule has 86 valence electrons. The number of hydrogen-bond donors (Lipinski definition) is 0.